The lowest BCUT2D eigenvalue weighted by Gasteiger charge is -2.13. The lowest BCUT2D eigenvalue weighted by Crippen LogP contribution is -2.09. The predicted octanol–water partition coefficient (Wildman–Crippen LogP) is 3.66. The van der Waals surface area contributed by atoms with E-state index in [-0.39, 0.29) is 5.75 Å². The van der Waals surface area contributed by atoms with E-state index in [0.29, 0.717) is 5.75 Å². The molecule has 0 bridgehead atoms. The molecule has 0 aliphatic heterocycles. The lowest BCUT2D eigenvalue weighted by molar-refractivity contribution is 0.416. The van der Waals surface area contributed by atoms with Crippen molar-refractivity contribution in [3.05, 3.63) is 53.1 Å². The van der Waals surface area contributed by atoms with E-state index >= 15 is 0 Å². The number of anilines is 1. The number of hydrogen-bond acceptors (Lipinski definition) is 3. The fraction of sp³-hybridized carbons (Fsp3) is 0.143. The first-order chi connectivity index (χ1) is 9.02. The fourth-order valence-corrected chi connectivity index (χ4v) is 1.90. The van der Waals surface area contributed by atoms with Crippen LogP contribution in [0, 0.1) is 25.5 Å². The zero-order valence-electron chi connectivity index (χ0n) is 10.6. The van der Waals surface area contributed by atoms with Gasteiger partial charge in [0.1, 0.15) is 5.75 Å². The van der Waals surface area contributed by atoms with Crippen LogP contribution in [-0.2, 0) is 0 Å². The second kappa shape index (κ2) is 5.24. The van der Waals surface area contributed by atoms with Crippen LogP contribution in [0.5, 0.6) is 11.5 Å². The van der Waals surface area contributed by atoms with Crippen LogP contribution in [0.1, 0.15) is 11.1 Å². The molecule has 5 heteroatoms. The molecule has 0 unspecified atom stereocenters. The predicted molar refractivity (Wildman–Crippen MR) is 70.2 cm³/mol. The SMILES string of the molecule is Cc1cc(Oc2cccc(F)c2F)cc(C)c1NN. The summed E-state index contributed by atoms with van der Waals surface area (Å²) in [7, 11) is 0. The Hall–Kier alpha value is -2.14. The molecule has 0 spiro atoms. The summed E-state index contributed by atoms with van der Waals surface area (Å²) in [6.45, 7) is 3.69. The first kappa shape index (κ1) is 13.3. The van der Waals surface area contributed by atoms with Crippen molar-refractivity contribution in [2.45, 2.75) is 13.8 Å². The van der Waals surface area contributed by atoms with Gasteiger partial charge in [0.2, 0.25) is 5.82 Å². The minimum absolute atomic E-state index is 0.146. The molecule has 100 valence electrons. The highest BCUT2D eigenvalue weighted by molar-refractivity contribution is 5.59. The van der Waals surface area contributed by atoms with E-state index in [1.807, 2.05) is 13.8 Å². The molecule has 0 aromatic heterocycles. The maximum absolute atomic E-state index is 13.5. The van der Waals surface area contributed by atoms with E-state index in [1.54, 1.807) is 12.1 Å². The van der Waals surface area contributed by atoms with Crippen LogP contribution >= 0.6 is 0 Å². The number of hydrazine groups is 1. The van der Waals surface area contributed by atoms with Crippen molar-refractivity contribution >= 4 is 5.69 Å². The van der Waals surface area contributed by atoms with Crippen molar-refractivity contribution in [1.82, 2.24) is 0 Å². The molecule has 2 aromatic rings. The Bertz CT molecular complexity index is 591. The Morgan fingerprint density at radius 1 is 1.11 bits per heavy atom. The molecular weight excluding hydrogens is 250 g/mol. The third-order valence-electron chi connectivity index (χ3n) is 2.79. The normalized spacial score (nSPS) is 10.4. The molecule has 0 atom stereocenters. The molecule has 3 N–H and O–H groups in total. The molecular formula is C14H14F2N2O. The number of rotatable bonds is 3. The minimum Gasteiger partial charge on any atom is -0.454 e. The fourth-order valence-electron chi connectivity index (χ4n) is 1.90. The Balaban J connectivity index is 2.36. The maximum Gasteiger partial charge on any atom is 0.201 e. The van der Waals surface area contributed by atoms with Gasteiger partial charge in [-0.25, -0.2) is 4.39 Å². The van der Waals surface area contributed by atoms with Gasteiger partial charge in [0, 0.05) is 0 Å². The van der Waals surface area contributed by atoms with E-state index in [9.17, 15) is 8.78 Å². The van der Waals surface area contributed by atoms with Gasteiger partial charge in [-0.2, -0.15) is 4.39 Å². The Morgan fingerprint density at radius 3 is 2.32 bits per heavy atom. The molecule has 0 radical (unpaired) electrons. The van der Waals surface area contributed by atoms with Crippen molar-refractivity contribution in [3.63, 3.8) is 0 Å². The van der Waals surface area contributed by atoms with E-state index in [0.717, 1.165) is 22.9 Å². The third-order valence-corrected chi connectivity index (χ3v) is 2.79. The van der Waals surface area contributed by atoms with Gasteiger partial charge in [-0.05, 0) is 49.2 Å². The molecule has 0 saturated carbocycles. The van der Waals surface area contributed by atoms with Gasteiger partial charge < -0.3 is 10.2 Å². The van der Waals surface area contributed by atoms with Gasteiger partial charge in [0.05, 0.1) is 5.69 Å². The van der Waals surface area contributed by atoms with Crippen molar-refractivity contribution in [2.24, 2.45) is 5.84 Å². The van der Waals surface area contributed by atoms with Gasteiger partial charge >= 0.3 is 0 Å². The van der Waals surface area contributed by atoms with Gasteiger partial charge in [-0.15, -0.1) is 0 Å². The van der Waals surface area contributed by atoms with Crippen LogP contribution in [-0.4, -0.2) is 0 Å². The molecule has 19 heavy (non-hydrogen) atoms. The van der Waals surface area contributed by atoms with Crippen LogP contribution in [0.25, 0.3) is 0 Å². The van der Waals surface area contributed by atoms with Gasteiger partial charge in [-0.1, -0.05) is 6.07 Å². The number of aryl methyl sites for hydroxylation is 2. The smallest absolute Gasteiger partial charge is 0.201 e. The van der Waals surface area contributed by atoms with Crippen LogP contribution in [0.4, 0.5) is 14.5 Å². The average molecular weight is 264 g/mol. The topological polar surface area (TPSA) is 47.3 Å². The molecule has 2 rings (SSSR count). The Labute approximate surface area is 110 Å². The Morgan fingerprint density at radius 2 is 1.74 bits per heavy atom. The molecule has 2 aromatic carbocycles. The second-order valence-corrected chi connectivity index (χ2v) is 4.23. The number of ether oxygens (including phenoxy) is 1. The molecule has 0 amide bonds. The van der Waals surface area contributed by atoms with Gasteiger partial charge in [0.25, 0.3) is 0 Å². The number of halogens is 2. The summed E-state index contributed by atoms with van der Waals surface area (Å²) in [6, 6.07) is 7.21. The summed E-state index contributed by atoms with van der Waals surface area (Å²) in [5.41, 5.74) is 5.08. The monoisotopic (exact) mass is 264 g/mol. The number of hydrogen-bond donors (Lipinski definition) is 2. The number of nitrogen functional groups attached to an aromatic ring is 1. The molecule has 3 nitrogen and oxygen atoms in total. The second-order valence-electron chi connectivity index (χ2n) is 4.23. The number of nitrogens with one attached hydrogen (secondary N) is 1. The van der Waals surface area contributed by atoms with Crippen molar-refractivity contribution < 1.29 is 13.5 Å². The Kier molecular flexibility index (Phi) is 3.66. The van der Waals surface area contributed by atoms with E-state index < -0.39 is 11.6 Å². The highest BCUT2D eigenvalue weighted by Crippen LogP contribution is 2.30. The summed E-state index contributed by atoms with van der Waals surface area (Å²) in [4.78, 5) is 0. The summed E-state index contributed by atoms with van der Waals surface area (Å²) in [5, 5.41) is 0. The van der Waals surface area contributed by atoms with Crippen molar-refractivity contribution in [3.8, 4) is 11.5 Å². The summed E-state index contributed by atoms with van der Waals surface area (Å²) in [6.07, 6.45) is 0. The zero-order valence-corrected chi connectivity index (χ0v) is 10.6. The maximum atomic E-state index is 13.5. The van der Waals surface area contributed by atoms with Gasteiger partial charge in [-0.3, -0.25) is 5.84 Å². The third kappa shape index (κ3) is 2.66. The highest BCUT2D eigenvalue weighted by atomic mass is 19.2. The lowest BCUT2D eigenvalue weighted by atomic mass is 10.1. The molecule has 0 saturated heterocycles. The van der Waals surface area contributed by atoms with Crippen LogP contribution in [0.3, 0.4) is 0 Å². The minimum atomic E-state index is -1.00. The van der Waals surface area contributed by atoms with Gasteiger partial charge in [0.15, 0.2) is 11.6 Å². The molecule has 0 aliphatic rings. The quantitative estimate of drug-likeness (QED) is 0.657. The summed E-state index contributed by atoms with van der Waals surface area (Å²) < 4.78 is 31.9. The highest BCUT2D eigenvalue weighted by Gasteiger charge is 2.11. The van der Waals surface area contributed by atoms with Crippen LogP contribution in [0.15, 0.2) is 30.3 Å². The molecule has 0 fully saturated rings. The first-order valence-electron chi connectivity index (χ1n) is 5.72. The van der Waals surface area contributed by atoms with E-state index in [2.05, 4.69) is 5.43 Å². The van der Waals surface area contributed by atoms with Crippen LogP contribution < -0.4 is 16.0 Å². The van der Waals surface area contributed by atoms with Crippen LogP contribution in [0.2, 0.25) is 0 Å². The summed E-state index contributed by atoms with van der Waals surface area (Å²) in [5.74, 6) is 3.74. The summed E-state index contributed by atoms with van der Waals surface area (Å²) >= 11 is 0. The molecule has 0 aliphatic carbocycles. The van der Waals surface area contributed by atoms with Crippen molar-refractivity contribution in [2.75, 3.05) is 5.43 Å². The zero-order chi connectivity index (χ0) is 14.0. The van der Waals surface area contributed by atoms with Crippen molar-refractivity contribution in [1.29, 1.82) is 0 Å². The largest absolute Gasteiger partial charge is 0.454 e. The molecule has 0 heterocycles. The average Bonchev–Trinajstić information content (AvgIpc) is 2.35. The first-order valence-corrected chi connectivity index (χ1v) is 5.72. The van der Waals surface area contributed by atoms with E-state index in [4.69, 9.17) is 10.6 Å². The standard InChI is InChI=1S/C14H14F2N2O/c1-8-6-10(7-9(2)14(8)18-17)19-12-5-3-4-11(15)13(12)16/h3-7,18H,17H2,1-2H3. The number of benzene rings is 2. The number of nitrogens with two attached hydrogens (primary N) is 1. The van der Waals surface area contributed by atoms with E-state index in [1.165, 1.54) is 12.1 Å².